The molecule has 2 N–H and O–H groups in total. The first-order valence-electron chi connectivity index (χ1n) is 7.37. The molecule has 1 aromatic rings. The molecule has 0 saturated heterocycles. The first kappa shape index (κ1) is 17.6. The van der Waals surface area contributed by atoms with E-state index < -0.39 is 0 Å². The van der Waals surface area contributed by atoms with Crippen molar-refractivity contribution in [3.8, 4) is 0 Å². The summed E-state index contributed by atoms with van der Waals surface area (Å²) in [7, 11) is 0. The molecule has 0 aliphatic carbocycles. The summed E-state index contributed by atoms with van der Waals surface area (Å²) < 4.78 is 0. The Labute approximate surface area is 127 Å². The number of rotatable bonds is 6. The molecule has 1 rings (SSSR count). The summed E-state index contributed by atoms with van der Waals surface area (Å²) in [5.41, 5.74) is 1.09. The summed E-state index contributed by atoms with van der Waals surface area (Å²) in [6.45, 7) is 16.4. The number of thiazole rings is 1. The van der Waals surface area contributed by atoms with Crippen LogP contribution < -0.4 is 5.32 Å². The lowest BCUT2D eigenvalue weighted by molar-refractivity contribution is 0.0134. The van der Waals surface area contributed by atoms with Crippen molar-refractivity contribution in [3.05, 3.63) is 16.1 Å². The second-order valence-electron chi connectivity index (χ2n) is 7.67. The van der Waals surface area contributed by atoms with Gasteiger partial charge in [0.2, 0.25) is 0 Å². The van der Waals surface area contributed by atoms with Crippen LogP contribution in [0.1, 0.15) is 59.2 Å². The van der Waals surface area contributed by atoms with Crippen molar-refractivity contribution in [2.24, 2.45) is 11.3 Å². The molecule has 0 aliphatic rings. The standard InChI is InChI=1S/C16H30N2OS/c1-11(2)13(19)16(6,7)10-17-8-12-9-20-14(18-12)15(3,4)5/h9,11,13,17,19H,8,10H2,1-7H3. The SMILES string of the molecule is CC(C)C(O)C(C)(C)CNCc1csc(C(C)(C)C)n1. The maximum Gasteiger partial charge on any atom is 0.0982 e. The zero-order valence-corrected chi connectivity index (χ0v) is 14.8. The van der Waals surface area contributed by atoms with Crippen molar-refractivity contribution in [2.45, 2.75) is 66.5 Å². The van der Waals surface area contributed by atoms with Gasteiger partial charge in [0.1, 0.15) is 0 Å². The van der Waals surface area contributed by atoms with Gasteiger partial charge in [-0.15, -0.1) is 11.3 Å². The Kier molecular flexibility index (Phi) is 5.76. The number of aliphatic hydroxyl groups is 1. The number of hydrogen-bond acceptors (Lipinski definition) is 4. The molecule has 0 aromatic carbocycles. The number of nitrogens with zero attached hydrogens (tertiary/aromatic N) is 1. The highest BCUT2D eigenvalue weighted by molar-refractivity contribution is 7.09. The lowest BCUT2D eigenvalue weighted by Gasteiger charge is -2.33. The van der Waals surface area contributed by atoms with Crippen molar-refractivity contribution < 1.29 is 5.11 Å². The fourth-order valence-electron chi connectivity index (χ4n) is 2.25. The molecular formula is C16H30N2OS. The Morgan fingerprint density at radius 1 is 1.25 bits per heavy atom. The van der Waals surface area contributed by atoms with E-state index in [1.54, 1.807) is 11.3 Å². The molecule has 4 heteroatoms. The largest absolute Gasteiger partial charge is 0.392 e. The molecule has 1 unspecified atom stereocenters. The average Bonchev–Trinajstić information content (AvgIpc) is 2.76. The molecular weight excluding hydrogens is 268 g/mol. The molecule has 1 atom stereocenters. The van der Waals surface area contributed by atoms with Gasteiger partial charge >= 0.3 is 0 Å². The number of aliphatic hydroxyl groups excluding tert-OH is 1. The second kappa shape index (κ2) is 6.54. The van der Waals surface area contributed by atoms with Crippen LogP contribution in [0.15, 0.2) is 5.38 Å². The molecule has 3 nitrogen and oxygen atoms in total. The van der Waals surface area contributed by atoms with Gasteiger partial charge < -0.3 is 10.4 Å². The minimum Gasteiger partial charge on any atom is -0.392 e. The van der Waals surface area contributed by atoms with Crippen LogP contribution in [0.2, 0.25) is 0 Å². The van der Waals surface area contributed by atoms with Crippen molar-refractivity contribution >= 4 is 11.3 Å². The highest BCUT2D eigenvalue weighted by Gasteiger charge is 2.29. The summed E-state index contributed by atoms with van der Waals surface area (Å²) in [6, 6.07) is 0. The first-order valence-corrected chi connectivity index (χ1v) is 8.25. The lowest BCUT2D eigenvalue weighted by Crippen LogP contribution is -2.41. The number of hydrogen-bond donors (Lipinski definition) is 2. The van der Waals surface area contributed by atoms with Crippen LogP contribution in [-0.4, -0.2) is 22.7 Å². The molecule has 0 amide bonds. The topological polar surface area (TPSA) is 45.1 Å². The zero-order valence-electron chi connectivity index (χ0n) is 13.9. The summed E-state index contributed by atoms with van der Waals surface area (Å²) in [5, 5.41) is 16.9. The van der Waals surface area contributed by atoms with Gasteiger partial charge in [-0.25, -0.2) is 4.98 Å². The van der Waals surface area contributed by atoms with Gasteiger partial charge in [0.15, 0.2) is 0 Å². The Bertz CT molecular complexity index is 418. The van der Waals surface area contributed by atoms with Crippen LogP contribution in [0, 0.1) is 11.3 Å². The third-order valence-electron chi connectivity index (χ3n) is 3.51. The molecule has 116 valence electrons. The van der Waals surface area contributed by atoms with Crippen LogP contribution in [0.25, 0.3) is 0 Å². The fourth-order valence-corrected chi connectivity index (χ4v) is 3.16. The van der Waals surface area contributed by atoms with E-state index in [1.807, 2.05) is 0 Å². The van der Waals surface area contributed by atoms with Crippen molar-refractivity contribution in [1.82, 2.24) is 10.3 Å². The number of nitrogens with one attached hydrogen (secondary N) is 1. The van der Waals surface area contributed by atoms with E-state index in [1.165, 1.54) is 5.01 Å². The van der Waals surface area contributed by atoms with Gasteiger partial charge in [-0.2, -0.15) is 0 Å². The Morgan fingerprint density at radius 3 is 2.30 bits per heavy atom. The van der Waals surface area contributed by atoms with Crippen LogP contribution in [0.4, 0.5) is 0 Å². The number of aromatic nitrogens is 1. The first-order chi connectivity index (χ1) is 9.04. The van der Waals surface area contributed by atoms with E-state index >= 15 is 0 Å². The second-order valence-corrected chi connectivity index (χ2v) is 8.53. The van der Waals surface area contributed by atoms with Crippen LogP contribution in [0.3, 0.4) is 0 Å². The third kappa shape index (κ3) is 4.83. The lowest BCUT2D eigenvalue weighted by atomic mass is 9.81. The van der Waals surface area contributed by atoms with E-state index in [4.69, 9.17) is 0 Å². The molecule has 0 spiro atoms. The van der Waals surface area contributed by atoms with E-state index in [2.05, 4.69) is 64.1 Å². The van der Waals surface area contributed by atoms with Gasteiger partial charge in [0, 0.05) is 29.3 Å². The van der Waals surface area contributed by atoms with Crippen LogP contribution >= 0.6 is 11.3 Å². The van der Waals surface area contributed by atoms with E-state index in [0.717, 1.165) is 18.8 Å². The van der Waals surface area contributed by atoms with Crippen molar-refractivity contribution in [2.75, 3.05) is 6.54 Å². The normalized spacial score (nSPS) is 14.8. The summed E-state index contributed by atoms with van der Waals surface area (Å²) in [4.78, 5) is 4.67. The predicted octanol–water partition coefficient (Wildman–Crippen LogP) is 3.57. The molecule has 0 radical (unpaired) electrons. The van der Waals surface area contributed by atoms with Crippen LogP contribution in [-0.2, 0) is 12.0 Å². The molecule has 0 aliphatic heterocycles. The quantitative estimate of drug-likeness (QED) is 0.844. The molecule has 0 saturated carbocycles. The minimum atomic E-state index is -0.296. The third-order valence-corrected chi connectivity index (χ3v) is 4.83. The predicted molar refractivity (Wildman–Crippen MR) is 87.1 cm³/mol. The highest BCUT2D eigenvalue weighted by Crippen LogP contribution is 2.27. The monoisotopic (exact) mass is 298 g/mol. The smallest absolute Gasteiger partial charge is 0.0982 e. The zero-order chi connectivity index (χ0) is 15.6. The van der Waals surface area contributed by atoms with Gasteiger partial charge in [0.25, 0.3) is 0 Å². The van der Waals surface area contributed by atoms with Crippen molar-refractivity contribution in [1.29, 1.82) is 0 Å². The minimum absolute atomic E-state index is 0.121. The van der Waals surface area contributed by atoms with Gasteiger partial charge in [0.05, 0.1) is 16.8 Å². The van der Waals surface area contributed by atoms with E-state index in [9.17, 15) is 5.11 Å². The molecule has 1 heterocycles. The fraction of sp³-hybridized carbons (Fsp3) is 0.812. The Balaban J connectivity index is 2.51. The molecule has 0 bridgehead atoms. The van der Waals surface area contributed by atoms with Crippen LogP contribution in [0.5, 0.6) is 0 Å². The summed E-state index contributed by atoms with van der Waals surface area (Å²) in [5.74, 6) is 0.276. The molecule has 1 aromatic heterocycles. The summed E-state index contributed by atoms with van der Waals surface area (Å²) >= 11 is 1.73. The summed E-state index contributed by atoms with van der Waals surface area (Å²) in [6.07, 6.45) is -0.296. The van der Waals surface area contributed by atoms with Crippen molar-refractivity contribution in [3.63, 3.8) is 0 Å². The van der Waals surface area contributed by atoms with Gasteiger partial charge in [-0.3, -0.25) is 0 Å². The maximum atomic E-state index is 10.2. The van der Waals surface area contributed by atoms with E-state index in [0.29, 0.717) is 0 Å². The Hall–Kier alpha value is -0.450. The average molecular weight is 298 g/mol. The van der Waals surface area contributed by atoms with Gasteiger partial charge in [-0.1, -0.05) is 48.5 Å². The molecule has 20 heavy (non-hydrogen) atoms. The molecule has 0 fully saturated rings. The Morgan fingerprint density at radius 2 is 1.85 bits per heavy atom. The van der Waals surface area contributed by atoms with Gasteiger partial charge in [-0.05, 0) is 5.92 Å². The van der Waals surface area contributed by atoms with E-state index in [-0.39, 0.29) is 22.9 Å². The highest BCUT2D eigenvalue weighted by atomic mass is 32.1. The maximum absolute atomic E-state index is 10.2.